The normalized spacial score (nSPS) is 11.5. The molecule has 0 atom stereocenters. The van der Waals surface area contributed by atoms with Gasteiger partial charge in [0, 0.05) is 5.39 Å². The van der Waals surface area contributed by atoms with E-state index in [2.05, 4.69) is 4.74 Å². The molecule has 1 N–H and O–H groups in total. The Morgan fingerprint density at radius 2 is 1.84 bits per heavy atom. The summed E-state index contributed by atoms with van der Waals surface area (Å²) >= 11 is 0. The maximum absolute atomic E-state index is 12.2. The topological polar surface area (TPSA) is 46.5 Å². The van der Waals surface area contributed by atoms with Crippen LogP contribution in [0.4, 0.5) is 13.2 Å². The first-order chi connectivity index (χ1) is 8.88. The fourth-order valence-corrected chi connectivity index (χ4v) is 1.72. The number of alkyl halides is 3. The standard InChI is InChI=1S/C13H9F3O3/c14-13(15,16)7-19-11-9-4-2-1-3-8(9)5-6-10(11)12(17)18/h1-6H,7H2,(H,17,18). The second kappa shape index (κ2) is 4.79. The van der Waals surface area contributed by atoms with Gasteiger partial charge in [-0.1, -0.05) is 30.3 Å². The molecule has 2 aromatic carbocycles. The Labute approximate surface area is 106 Å². The third kappa shape index (κ3) is 2.96. The van der Waals surface area contributed by atoms with Crippen molar-refractivity contribution in [3.8, 4) is 5.75 Å². The lowest BCUT2D eigenvalue weighted by Crippen LogP contribution is -2.20. The van der Waals surface area contributed by atoms with Crippen LogP contribution in [0.5, 0.6) is 5.75 Å². The van der Waals surface area contributed by atoms with Crippen LogP contribution in [0.3, 0.4) is 0 Å². The first-order valence-corrected chi connectivity index (χ1v) is 5.33. The van der Waals surface area contributed by atoms with E-state index in [1.165, 1.54) is 18.2 Å². The zero-order chi connectivity index (χ0) is 14.0. The molecule has 0 aliphatic heterocycles. The summed E-state index contributed by atoms with van der Waals surface area (Å²) in [7, 11) is 0. The number of halogens is 3. The first kappa shape index (κ1) is 13.2. The summed E-state index contributed by atoms with van der Waals surface area (Å²) in [5.74, 6) is -1.59. The highest BCUT2D eigenvalue weighted by atomic mass is 19.4. The largest absolute Gasteiger partial charge is 0.483 e. The molecule has 0 spiro atoms. The first-order valence-electron chi connectivity index (χ1n) is 5.33. The predicted molar refractivity (Wildman–Crippen MR) is 62.5 cm³/mol. The lowest BCUT2D eigenvalue weighted by atomic mass is 10.1. The van der Waals surface area contributed by atoms with Crippen molar-refractivity contribution in [1.82, 2.24) is 0 Å². The minimum Gasteiger partial charge on any atom is -0.483 e. The van der Waals surface area contributed by atoms with Gasteiger partial charge >= 0.3 is 12.1 Å². The number of ether oxygens (including phenoxy) is 1. The van der Waals surface area contributed by atoms with Crippen LogP contribution >= 0.6 is 0 Å². The highest BCUT2D eigenvalue weighted by Gasteiger charge is 2.29. The highest BCUT2D eigenvalue weighted by Crippen LogP contribution is 2.31. The van der Waals surface area contributed by atoms with E-state index in [-0.39, 0.29) is 11.3 Å². The second-order valence-corrected chi connectivity index (χ2v) is 3.87. The number of rotatable bonds is 3. The molecule has 0 fully saturated rings. The van der Waals surface area contributed by atoms with Crippen molar-refractivity contribution in [1.29, 1.82) is 0 Å². The number of carbonyl (C=O) groups is 1. The van der Waals surface area contributed by atoms with E-state index < -0.39 is 18.8 Å². The molecule has 2 rings (SSSR count). The van der Waals surface area contributed by atoms with E-state index in [4.69, 9.17) is 5.11 Å². The summed E-state index contributed by atoms with van der Waals surface area (Å²) in [6.45, 7) is -1.53. The van der Waals surface area contributed by atoms with Crippen LogP contribution in [0.25, 0.3) is 10.8 Å². The van der Waals surface area contributed by atoms with Crippen molar-refractivity contribution in [2.45, 2.75) is 6.18 Å². The monoisotopic (exact) mass is 270 g/mol. The van der Waals surface area contributed by atoms with Crippen molar-refractivity contribution in [2.24, 2.45) is 0 Å². The van der Waals surface area contributed by atoms with Gasteiger partial charge in [-0.15, -0.1) is 0 Å². The smallest absolute Gasteiger partial charge is 0.422 e. The molecule has 0 aromatic heterocycles. The van der Waals surface area contributed by atoms with E-state index in [1.54, 1.807) is 18.2 Å². The third-order valence-corrected chi connectivity index (χ3v) is 2.49. The summed E-state index contributed by atoms with van der Waals surface area (Å²) in [4.78, 5) is 11.0. The molecule has 3 nitrogen and oxygen atoms in total. The predicted octanol–water partition coefficient (Wildman–Crippen LogP) is 3.48. The van der Waals surface area contributed by atoms with E-state index in [9.17, 15) is 18.0 Å². The van der Waals surface area contributed by atoms with Gasteiger partial charge in [-0.05, 0) is 11.5 Å². The summed E-state index contributed by atoms with van der Waals surface area (Å²) < 4.78 is 41.3. The van der Waals surface area contributed by atoms with Gasteiger partial charge in [0.1, 0.15) is 11.3 Å². The van der Waals surface area contributed by atoms with Crippen LogP contribution in [-0.4, -0.2) is 23.9 Å². The molecule has 0 heterocycles. The Morgan fingerprint density at radius 3 is 2.47 bits per heavy atom. The molecule has 100 valence electrons. The second-order valence-electron chi connectivity index (χ2n) is 3.87. The van der Waals surface area contributed by atoms with Crippen molar-refractivity contribution < 1.29 is 27.8 Å². The molecule has 0 saturated carbocycles. The lowest BCUT2D eigenvalue weighted by Gasteiger charge is -2.13. The zero-order valence-electron chi connectivity index (χ0n) is 9.57. The van der Waals surface area contributed by atoms with Crippen LogP contribution in [0, 0.1) is 0 Å². The molecular weight excluding hydrogens is 261 g/mol. The molecule has 0 saturated heterocycles. The zero-order valence-corrected chi connectivity index (χ0v) is 9.57. The molecule has 19 heavy (non-hydrogen) atoms. The van der Waals surface area contributed by atoms with Crippen LogP contribution in [-0.2, 0) is 0 Å². The van der Waals surface area contributed by atoms with Gasteiger partial charge in [0.2, 0.25) is 0 Å². The maximum Gasteiger partial charge on any atom is 0.422 e. The fourth-order valence-electron chi connectivity index (χ4n) is 1.72. The van der Waals surface area contributed by atoms with Gasteiger partial charge < -0.3 is 9.84 Å². The molecule has 2 aromatic rings. The van der Waals surface area contributed by atoms with Gasteiger partial charge in [-0.3, -0.25) is 0 Å². The molecule has 0 amide bonds. The summed E-state index contributed by atoms with van der Waals surface area (Å²) in [6.07, 6.45) is -4.52. The van der Waals surface area contributed by atoms with E-state index in [0.29, 0.717) is 10.8 Å². The van der Waals surface area contributed by atoms with Gasteiger partial charge in [0.15, 0.2) is 6.61 Å². The van der Waals surface area contributed by atoms with Crippen molar-refractivity contribution >= 4 is 16.7 Å². The Morgan fingerprint density at radius 1 is 1.16 bits per heavy atom. The van der Waals surface area contributed by atoms with Crippen molar-refractivity contribution in [3.05, 3.63) is 42.0 Å². The Balaban J connectivity index is 2.53. The highest BCUT2D eigenvalue weighted by molar-refractivity contribution is 6.00. The van der Waals surface area contributed by atoms with Crippen LogP contribution in [0.1, 0.15) is 10.4 Å². The average molecular weight is 270 g/mol. The number of carboxylic acid groups (broad SMARTS) is 1. The maximum atomic E-state index is 12.2. The molecule has 0 aliphatic carbocycles. The number of benzene rings is 2. The van der Waals surface area contributed by atoms with Crippen LogP contribution in [0.2, 0.25) is 0 Å². The molecule has 6 heteroatoms. The van der Waals surface area contributed by atoms with Gasteiger partial charge in [-0.25, -0.2) is 4.79 Å². The SMILES string of the molecule is O=C(O)c1ccc2ccccc2c1OCC(F)(F)F. The number of fused-ring (bicyclic) bond motifs is 1. The van der Waals surface area contributed by atoms with Crippen molar-refractivity contribution in [3.63, 3.8) is 0 Å². The van der Waals surface area contributed by atoms with E-state index >= 15 is 0 Å². The number of carboxylic acids is 1. The fraction of sp³-hybridized carbons (Fsp3) is 0.154. The molecular formula is C13H9F3O3. The van der Waals surface area contributed by atoms with Crippen LogP contribution < -0.4 is 4.74 Å². The van der Waals surface area contributed by atoms with Gasteiger partial charge in [0.05, 0.1) is 0 Å². The quantitative estimate of drug-likeness (QED) is 0.928. The minimum absolute atomic E-state index is 0.261. The molecule has 0 bridgehead atoms. The average Bonchev–Trinajstić information content (AvgIpc) is 2.34. The van der Waals surface area contributed by atoms with Gasteiger partial charge in [0.25, 0.3) is 0 Å². The van der Waals surface area contributed by atoms with E-state index in [1.807, 2.05) is 0 Å². The number of hydrogen-bond acceptors (Lipinski definition) is 2. The Bertz CT molecular complexity index is 620. The molecule has 0 aliphatic rings. The Kier molecular flexibility index (Phi) is 3.33. The number of hydrogen-bond donors (Lipinski definition) is 1. The summed E-state index contributed by atoms with van der Waals surface area (Å²) in [5, 5.41) is 9.95. The van der Waals surface area contributed by atoms with E-state index in [0.717, 1.165) is 0 Å². The third-order valence-electron chi connectivity index (χ3n) is 2.49. The van der Waals surface area contributed by atoms with Crippen molar-refractivity contribution in [2.75, 3.05) is 6.61 Å². The van der Waals surface area contributed by atoms with Gasteiger partial charge in [-0.2, -0.15) is 13.2 Å². The summed E-state index contributed by atoms with van der Waals surface area (Å²) in [5.41, 5.74) is -0.289. The molecule has 0 unspecified atom stereocenters. The Hall–Kier alpha value is -2.24. The van der Waals surface area contributed by atoms with Crippen LogP contribution in [0.15, 0.2) is 36.4 Å². The number of aromatic carboxylic acids is 1. The summed E-state index contributed by atoms with van der Waals surface area (Å²) in [6, 6.07) is 9.26. The minimum atomic E-state index is -4.52. The lowest BCUT2D eigenvalue weighted by molar-refractivity contribution is -0.153. The molecule has 0 radical (unpaired) electrons.